The molecule has 0 unspecified atom stereocenters. The Kier molecular flexibility index (Phi) is 6.63. The van der Waals surface area contributed by atoms with Crippen molar-refractivity contribution < 1.29 is 4.74 Å². The van der Waals surface area contributed by atoms with E-state index in [0.717, 1.165) is 44.1 Å². The Bertz CT molecular complexity index is 847. The molecule has 6 nitrogen and oxygen atoms in total. The molecule has 1 aliphatic heterocycles. The quantitative estimate of drug-likeness (QED) is 0.746. The van der Waals surface area contributed by atoms with E-state index in [0.29, 0.717) is 18.3 Å². The predicted octanol–water partition coefficient (Wildman–Crippen LogP) is 3.44. The highest BCUT2D eigenvalue weighted by Crippen LogP contribution is 2.27. The average molecular weight is 399 g/mol. The van der Waals surface area contributed by atoms with Crippen molar-refractivity contribution in [1.82, 2.24) is 14.7 Å². The Morgan fingerprint density at radius 2 is 1.72 bits per heavy atom. The SMILES string of the molecule is CC(C)CN1CCN(c2cnn(-c3ccccc3)c(=O)c2OCC(C)(C)C)CC1. The molecule has 1 saturated heterocycles. The molecule has 6 heteroatoms. The molecule has 0 amide bonds. The summed E-state index contributed by atoms with van der Waals surface area (Å²) in [4.78, 5) is 18.0. The molecule has 1 aromatic carbocycles. The number of anilines is 1. The second-order valence-corrected chi connectivity index (χ2v) is 9.44. The first-order chi connectivity index (χ1) is 13.7. The zero-order valence-electron chi connectivity index (χ0n) is 18.4. The van der Waals surface area contributed by atoms with Gasteiger partial charge in [0.05, 0.1) is 18.5 Å². The summed E-state index contributed by atoms with van der Waals surface area (Å²) in [5.41, 5.74) is 1.30. The Hall–Kier alpha value is -2.34. The number of hydrogen-bond acceptors (Lipinski definition) is 5. The number of hydrogen-bond donors (Lipinski definition) is 0. The topological polar surface area (TPSA) is 50.6 Å². The van der Waals surface area contributed by atoms with Crippen molar-refractivity contribution in [1.29, 1.82) is 0 Å². The van der Waals surface area contributed by atoms with Crippen LogP contribution >= 0.6 is 0 Å². The molecule has 158 valence electrons. The van der Waals surface area contributed by atoms with Gasteiger partial charge in [-0.2, -0.15) is 9.78 Å². The lowest BCUT2D eigenvalue weighted by Crippen LogP contribution is -2.48. The number of nitrogens with zero attached hydrogens (tertiary/aromatic N) is 4. The minimum Gasteiger partial charge on any atom is -0.486 e. The van der Waals surface area contributed by atoms with Gasteiger partial charge in [0.1, 0.15) is 5.69 Å². The minimum absolute atomic E-state index is 0.0412. The molecule has 0 N–H and O–H groups in total. The molecule has 2 aromatic rings. The van der Waals surface area contributed by atoms with E-state index in [2.05, 4.69) is 49.5 Å². The predicted molar refractivity (Wildman–Crippen MR) is 118 cm³/mol. The summed E-state index contributed by atoms with van der Waals surface area (Å²) in [5, 5.41) is 4.47. The van der Waals surface area contributed by atoms with E-state index in [1.165, 1.54) is 4.68 Å². The van der Waals surface area contributed by atoms with E-state index in [4.69, 9.17) is 4.74 Å². The number of ether oxygens (including phenoxy) is 1. The molecule has 0 radical (unpaired) electrons. The number of piperazine rings is 1. The fourth-order valence-corrected chi connectivity index (χ4v) is 3.52. The van der Waals surface area contributed by atoms with E-state index in [-0.39, 0.29) is 11.0 Å². The largest absolute Gasteiger partial charge is 0.486 e. The molecule has 0 saturated carbocycles. The normalized spacial score (nSPS) is 15.7. The van der Waals surface area contributed by atoms with Gasteiger partial charge in [-0.15, -0.1) is 0 Å². The fraction of sp³-hybridized carbons (Fsp3) is 0.565. The Labute approximate surface area is 174 Å². The van der Waals surface area contributed by atoms with Gasteiger partial charge in [0.25, 0.3) is 0 Å². The summed E-state index contributed by atoms with van der Waals surface area (Å²) >= 11 is 0. The molecule has 0 atom stereocenters. The maximum Gasteiger partial charge on any atom is 0.316 e. The van der Waals surface area contributed by atoms with Gasteiger partial charge < -0.3 is 9.64 Å². The second-order valence-electron chi connectivity index (χ2n) is 9.44. The Morgan fingerprint density at radius 1 is 1.07 bits per heavy atom. The maximum absolute atomic E-state index is 13.3. The van der Waals surface area contributed by atoms with Crippen LogP contribution in [0.3, 0.4) is 0 Å². The standard InChI is InChI=1S/C23H34N4O2/c1-18(2)16-25-11-13-26(14-12-25)20-15-24-27(19-9-7-6-8-10-19)22(28)21(20)29-17-23(3,4)5/h6-10,15,18H,11-14,16-17H2,1-5H3. The molecular formula is C23H34N4O2. The van der Waals surface area contributed by atoms with E-state index < -0.39 is 0 Å². The average Bonchev–Trinajstić information content (AvgIpc) is 2.67. The van der Waals surface area contributed by atoms with Crippen LogP contribution in [-0.2, 0) is 0 Å². The molecule has 29 heavy (non-hydrogen) atoms. The van der Waals surface area contributed by atoms with Gasteiger partial charge in [0.2, 0.25) is 5.75 Å². The number of benzene rings is 1. The molecule has 1 aliphatic rings. The van der Waals surface area contributed by atoms with Crippen LogP contribution < -0.4 is 15.2 Å². The van der Waals surface area contributed by atoms with Crippen LogP contribution in [0.2, 0.25) is 0 Å². The lowest BCUT2D eigenvalue weighted by molar-refractivity contribution is 0.193. The highest BCUT2D eigenvalue weighted by atomic mass is 16.5. The third-order valence-corrected chi connectivity index (χ3v) is 4.90. The monoisotopic (exact) mass is 398 g/mol. The second kappa shape index (κ2) is 8.99. The Morgan fingerprint density at radius 3 is 2.31 bits per heavy atom. The van der Waals surface area contributed by atoms with Crippen LogP contribution in [0.15, 0.2) is 41.3 Å². The van der Waals surface area contributed by atoms with E-state index in [1.807, 2.05) is 30.3 Å². The molecule has 0 aliphatic carbocycles. The first-order valence-electron chi connectivity index (χ1n) is 10.5. The number of para-hydroxylation sites is 1. The van der Waals surface area contributed by atoms with Crippen molar-refractivity contribution in [3.8, 4) is 11.4 Å². The summed E-state index contributed by atoms with van der Waals surface area (Å²) in [7, 11) is 0. The van der Waals surface area contributed by atoms with Crippen molar-refractivity contribution in [2.75, 3.05) is 44.2 Å². The van der Waals surface area contributed by atoms with E-state index in [1.54, 1.807) is 6.20 Å². The highest BCUT2D eigenvalue weighted by molar-refractivity contribution is 5.57. The zero-order chi connectivity index (χ0) is 21.0. The van der Waals surface area contributed by atoms with Gasteiger partial charge in [0.15, 0.2) is 0 Å². The van der Waals surface area contributed by atoms with Gasteiger partial charge in [0, 0.05) is 32.7 Å². The van der Waals surface area contributed by atoms with Crippen LogP contribution in [0.4, 0.5) is 5.69 Å². The van der Waals surface area contributed by atoms with Crippen LogP contribution in [-0.4, -0.2) is 54.0 Å². The lowest BCUT2D eigenvalue weighted by Gasteiger charge is -2.37. The third-order valence-electron chi connectivity index (χ3n) is 4.90. The third kappa shape index (κ3) is 5.60. The molecule has 1 aromatic heterocycles. The molecule has 1 fully saturated rings. The van der Waals surface area contributed by atoms with Gasteiger partial charge >= 0.3 is 5.56 Å². The van der Waals surface area contributed by atoms with Gasteiger partial charge in [-0.3, -0.25) is 9.69 Å². The summed E-state index contributed by atoms with van der Waals surface area (Å²) in [6, 6.07) is 9.50. The van der Waals surface area contributed by atoms with Crippen LogP contribution in [0.25, 0.3) is 5.69 Å². The van der Waals surface area contributed by atoms with Gasteiger partial charge in [-0.05, 0) is 23.5 Å². The molecule has 0 spiro atoms. The highest BCUT2D eigenvalue weighted by Gasteiger charge is 2.24. The van der Waals surface area contributed by atoms with Crippen molar-refractivity contribution >= 4 is 5.69 Å². The lowest BCUT2D eigenvalue weighted by atomic mass is 9.99. The molecule has 2 heterocycles. The van der Waals surface area contributed by atoms with Gasteiger partial charge in [-0.1, -0.05) is 52.8 Å². The molecule has 3 rings (SSSR count). The first-order valence-corrected chi connectivity index (χ1v) is 10.5. The van der Waals surface area contributed by atoms with Crippen molar-refractivity contribution in [2.45, 2.75) is 34.6 Å². The van der Waals surface area contributed by atoms with Crippen LogP contribution in [0.5, 0.6) is 5.75 Å². The van der Waals surface area contributed by atoms with Crippen LogP contribution in [0.1, 0.15) is 34.6 Å². The van der Waals surface area contributed by atoms with E-state index >= 15 is 0 Å². The van der Waals surface area contributed by atoms with Crippen LogP contribution in [0, 0.1) is 11.3 Å². The smallest absolute Gasteiger partial charge is 0.316 e. The van der Waals surface area contributed by atoms with Crippen molar-refractivity contribution in [3.63, 3.8) is 0 Å². The minimum atomic E-state index is -0.206. The Balaban J connectivity index is 1.90. The molecular weight excluding hydrogens is 364 g/mol. The van der Waals surface area contributed by atoms with Crippen molar-refractivity contribution in [3.05, 3.63) is 46.9 Å². The van der Waals surface area contributed by atoms with Gasteiger partial charge in [-0.25, -0.2) is 0 Å². The number of rotatable bonds is 6. The summed E-state index contributed by atoms with van der Waals surface area (Å²) < 4.78 is 7.54. The summed E-state index contributed by atoms with van der Waals surface area (Å²) in [6.45, 7) is 16.1. The summed E-state index contributed by atoms with van der Waals surface area (Å²) in [6.07, 6.45) is 1.78. The molecule has 0 bridgehead atoms. The maximum atomic E-state index is 13.3. The van der Waals surface area contributed by atoms with E-state index in [9.17, 15) is 4.79 Å². The number of aromatic nitrogens is 2. The zero-order valence-corrected chi connectivity index (χ0v) is 18.4. The fourth-order valence-electron chi connectivity index (χ4n) is 3.52. The first kappa shape index (κ1) is 21.4. The van der Waals surface area contributed by atoms with Crippen molar-refractivity contribution in [2.24, 2.45) is 11.3 Å². The summed E-state index contributed by atoms with van der Waals surface area (Å²) in [5.74, 6) is 1.06.